The monoisotopic (exact) mass is 196 g/mol. The molecule has 0 spiro atoms. The summed E-state index contributed by atoms with van der Waals surface area (Å²) < 4.78 is 6.21. The van der Waals surface area contributed by atoms with Crippen molar-refractivity contribution in [2.75, 3.05) is 6.61 Å². The first-order chi connectivity index (χ1) is 6.72. The maximum atomic E-state index is 11.2. The van der Waals surface area contributed by atoms with Gasteiger partial charge in [0.15, 0.2) is 12.0 Å². The van der Waals surface area contributed by atoms with Crippen LogP contribution in [-0.4, -0.2) is 28.6 Å². The average Bonchev–Trinajstić information content (AvgIpc) is 2.61. The van der Waals surface area contributed by atoms with E-state index in [9.17, 15) is 9.59 Å². The van der Waals surface area contributed by atoms with Gasteiger partial charge in [0.1, 0.15) is 5.69 Å². The molecular formula is C9H12N2O3. The minimum absolute atomic E-state index is 0.177. The van der Waals surface area contributed by atoms with Crippen LogP contribution in [0.3, 0.4) is 0 Å². The third-order valence-electron chi connectivity index (χ3n) is 1.72. The predicted octanol–water partition coefficient (Wildman–Crippen LogP) is 0.892. The number of aryl methyl sites for hydroxylation is 1. The number of nitrogens with zero attached hydrogens (tertiary/aromatic N) is 2. The molecule has 0 atom stereocenters. The van der Waals surface area contributed by atoms with Gasteiger partial charge in [0, 0.05) is 12.6 Å². The summed E-state index contributed by atoms with van der Waals surface area (Å²) in [5, 5.41) is 3.93. The Balaban J connectivity index is 2.94. The van der Waals surface area contributed by atoms with E-state index in [4.69, 9.17) is 4.74 Å². The Bertz CT molecular complexity index is 344. The van der Waals surface area contributed by atoms with E-state index in [1.54, 1.807) is 6.92 Å². The largest absolute Gasteiger partial charge is 0.461 e. The summed E-state index contributed by atoms with van der Waals surface area (Å²) in [5.74, 6) is -0.497. The van der Waals surface area contributed by atoms with Crippen molar-refractivity contribution in [3.63, 3.8) is 0 Å². The Labute approximate surface area is 81.7 Å². The van der Waals surface area contributed by atoms with Gasteiger partial charge < -0.3 is 4.74 Å². The van der Waals surface area contributed by atoms with Crippen molar-refractivity contribution in [2.45, 2.75) is 20.4 Å². The summed E-state index contributed by atoms with van der Waals surface area (Å²) in [6.07, 6.45) is 0.666. The van der Waals surface area contributed by atoms with Gasteiger partial charge in [-0.25, -0.2) is 4.79 Å². The highest BCUT2D eigenvalue weighted by Crippen LogP contribution is 2.03. The van der Waals surface area contributed by atoms with Crippen molar-refractivity contribution in [3.8, 4) is 0 Å². The van der Waals surface area contributed by atoms with Crippen molar-refractivity contribution >= 4 is 12.3 Å². The van der Waals surface area contributed by atoms with Gasteiger partial charge in [-0.3, -0.25) is 9.48 Å². The zero-order valence-corrected chi connectivity index (χ0v) is 8.19. The van der Waals surface area contributed by atoms with E-state index in [2.05, 4.69) is 5.10 Å². The number of aromatic nitrogens is 2. The van der Waals surface area contributed by atoms with Crippen LogP contribution in [0.25, 0.3) is 0 Å². The Hall–Kier alpha value is -1.65. The first-order valence-electron chi connectivity index (χ1n) is 4.43. The van der Waals surface area contributed by atoms with Crippen molar-refractivity contribution < 1.29 is 14.3 Å². The number of carbonyl (C=O) groups excluding carboxylic acids is 2. The van der Waals surface area contributed by atoms with Gasteiger partial charge in [0.05, 0.1) is 6.61 Å². The summed E-state index contributed by atoms with van der Waals surface area (Å²) in [6, 6.07) is 1.43. The van der Waals surface area contributed by atoms with Gasteiger partial charge in [0.25, 0.3) is 0 Å². The molecule has 0 saturated heterocycles. The lowest BCUT2D eigenvalue weighted by Gasteiger charge is -1.97. The molecule has 0 fully saturated rings. The number of ether oxygens (including phenoxy) is 1. The second-order valence-corrected chi connectivity index (χ2v) is 2.61. The molecule has 5 heteroatoms. The first-order valence-corrected chi connectivity index (χ1v) is 4.43. The van der Waals surface area contributed by atoms with E-state index < -0.39 is 5.97 Å². The van der Waals surface area contributed by atoms with Crippen LogP contribution in [0.2, 0.25) is 0 Å². The molecule has 1 heterocycles. The smallest absolute Gasteiger partial charge is 0.358 e. The fourth-order valence-electron chi connectivity index (χ4n) is 1.08. The summed E-state index contributed by atoms with van der Waals surface area (Å²) in [6.45, 7) is 4.41. The summed E-state index contributed by atoms with van der Waals surface area (Å²) in [4.78, 5) is 21.8. The average molecular weight is 196 g/mol. The highest BCUT2D eigenvalue weighted by molar-refractivity contribution is 5.89. The Morgan fingerprint density at radius 1 is 1.64 bits per heavy atom. The van der Waals surface area contributed by atoms with E-state index >= 15 is 0 Å². The molecule has 76 valence electrons. The Morgan fingerprint density at radius 3 is 2.79 bits per heavy atom. The summed E-state index contributed by atoms with van der Waals surface area (Å²) in [5.41, 5.74) is 0.561. The molecule has 0 aliphatic carbocycles. The molecular weight excluding hydrogens is 184 g/mol. The van der Waals surface area contributed by atoms with Crippen LogP contribution in [0, 0.1) is 0 Å². The summed E-state index contributed by atoms with van der Waals surface area (Å²) in [7, 11) is 0. The van der Waals surface area contributed by atoms with Crippen LogP contribution >= 0.6 is 0 Å². The molecule has 0 saturated carbocycles. The molecule has 0 amide bonds. The van der Waals surface area contributed by atoms with Crippen LogP contribution < -0.4 is 0 Å². The number of rotatable bonds is 4. The van der Waals surface area contributed by atoms with Crippen molar-refractivity contribution in [3.05, 3.63) is 17.5 Å². The minimum Gasteiger partial charge on any atom is -0.461 e. The third-order valence-corrected chi connectivity index (χ3v) is 1.72. The van der Waals surface area contributed by atoms with Gasteiger partial charge >= 0.3 is 5.97 Å². The van der Waals surface area contributed by atoms with E-state index in [1.807, 2.05) is 6.92 Å². The molecule has 5 nitrogen and oxygen atoms in total. The molecule has 0 aliphatic rings. The first kappa shape index (κ1) is 10.4. The second-order valence-electron chi connectivity index (χ2n) is 2.61. The summed E-state index contributed by atoms with van der Waals surface area (Å²) >= 11 is 0. The van der Waals surface area contributed by atoms with Crippen molar-refractivity contribution in [1.82, 2.24) is 9.78 Å². The van der Waals surface area contributed by atoms with E-state index in [-0.39, 0.29) is 5.69 Å². The molecule has 0 bridgehead atoms. The Kier molecular flexibility index (Phi) is 3.39. The van der Waals surface area contributed by atoms with Crippen molar-refractivity contribution in [2.24, 2.45) is 0 Å². The van der Waals surface area contributed by atoms with E-state index in [0.717, 1.165) is 0 Å². The van der Waals surface area contributed by atoms with Crippen LogP contribution in [-0.2, 0) is 11.3 Å². The van der Waals surface area contributed by atoms with Gasteiger partial charge in [-0.15, -0.1) is 0 Å². The maximum absolute atomic E-state index is 11.2. The van der Waals surface area contributed by atoms with Crippen LogP contribution in [0.1, 0.15) is 34.8 Å². The molecule has 0 aliphatic heterocycles. The van der Waals surface area contributed by atoms with Crippen LogP contribution in [0.15, 0.2) is 6.07 Å². The molecule has 0 N–H and O–H groups in total. The van der Waals surface area contributed by atoms with Gasteiger partial charge in [-0.2, -0.15) is 5.10 Å². The van der Waals surface area contributed by atoms with E-state index in [0.29, 0.717) is 25.1 Å². The third kappa shape index (κ3) is 1.99. The molecule has 1 aromatic rings. The molecule has 1 rings (SSSR count). The molecule has 0 aromatic carbocycles. The molecule has 14 heavy (non-hydrogen) atoms. The van der Waals surface area contributed by atoms with Crippen molar-refractivity contribution in [1.29, 1.82) is 0 Å². The number of aldehydes is 1. The maximum Gasteiger partial charge on any atom is 0.358 e. The Morgan fingerprint density at radius 2 is 2.36 bits per heavy atom. The van der Waals surface area contributed by atoms with Gasteiger partial charge in [-0.05, 0) is 13.8 Å². The van der Waals surface area contributed by atoms with Crippen LogP contribution in [0.5, 0.6) is 0 Å². The highest BCUT2D eigenvalue weighted by Gasteiger charge is 2.13. The molecule has 0 unspecified atom stereocenters. The SMILES string of the molecule is CCOC(=O)c1cc(C=O)n(CC)n1. The highest BCUT2D eigenvalue weighted by atomic mass is 16.5. The van der Waals surface area contributed by atoms with Crippen LogP contribution in [0.4, 0.5) is 0 Å². The lowest BCUT2D eigenvalue weighted by molar-refractivity contribution is 0.0518. The normalized spacial score (nSPS) is 9.86. The number of carbonyl (C=O) groups is 2. The fraction of sp³-hybridized carbons (Fsp3) is 0.444. The molecule has 0 radical (unpaired) electrons. The lowest BCUT2D eigenvalue weighted by Crippen LogP contribution is -2.07. The van der Waals surface area contributed by atoms with E-state index in [1.165, 1.54) is 10.7 Å². The van der Waals surface area contributed by atoms with Gasteiger partial charge in [0.2, 0.25) is 0 Å². The number of hydrogen-bond acceptors (Lipinski definition) is 4. The fourth-order valence-corrected chi connectivity index (χ4v) is 1.08. The second kappa shape index (κ2) is 4.55. The number of esters is 1. The number of hydrogen-bond donors (Lipinski definition) is 0. The predicted molar refractivity (Wildman–Crippen MR) is 49.2 cm³/mol. The minimum atomic E-state index is -0.497. The molecule has 1 aromatic heterocycles. The standard InChI is InChI=1S/C9H12N2O3/c1-3-11-7(6-12)5-8(10-11)9(13)14-4-2/h5-6H,3-4H2,1-2H3. The van der Waals surface area contributed by atoms with Gasteiger partial charge in [-0.1, -0.05) is 0 Å². The quantitative estimate of drug-likeness (QED) is 0.530. The lowest BCUT2D eigenvalue weighted by atomic mass is 10.4. The zero-order valence-electron chi connectivity index (χ0n) is 8.19. The topological polar surface area (TPSA) is 61.2 Å². The zero-order chi connectivity index (χ0) is 10.6.